The smallest absolute Gasteiger partial charge is 0.162 e. The van der Waals surface area contributed by atoms with E-state index in [9.17, 15) is 5.11 Å². The van der Waals surface area contributed by atoms with Gasteiger partial charge in [0.2, 0.25) is 0 Å². The second kappa shape index (κ2) is 6.82. The van der Waals surface area contributed by atoms with Crippen LogP contribution in [0, 0.1) is 0 Å². The minimum Gasteiger partial charge on any atom is -0.371 e. The molecule has 0 aliphatic heterocycles. The van der Waals surface area contributed by atoms with Crippen molar-refractivity contribution in [3.05, 3.63) is 108 Å². The maximum atomic E-state index is 11.4. The molecule has 0 fully saturated rings. The molecule has 1 N–H and O–H groups in total. The topological polar surface area (TPSA) is 20.2 Å². The Morgan fingerprint density at radius 2 is 1.05 bits per heavy atom. The van der Waals surface area contributed by atoms with Crippen LogP contribution in [0.25, 0.3) is 0 Å². The van der Waals surface area contributed by atoms with Gasteiger partial charge >= 0.3 is 0 Å². The Balaban J connectivity index is 1.93. The summed E-state index contributed by atoms with van der Waals surface area (Å²) in [4.78, 5) is -1.04. The van der Waals surface area contributed by atoms with Crippen LogP contribution in [-0.2, 0) is 10.7 Å². The molecular weight excluding hydrogens is 288 g/mol. The van der Waals surface area contributed by atoms with Crippen molar-refractivity contribution in [1.82, 2.24) is 0 Å². The van der Waals surface area contributed by atoms with Crippen LogP contribution in [0.5, 0.6) is 0 Å². The number of thioether (sulfide) groups is 1. The normalized spacial score (nSPS) is 11.3. The van der Waals surface area contributed by atoms with Gasteiger partial charge in [-0.2, -0.15) is 0 Å². The van der Waals surface area contributed by atoms with Crippen molar-refractivity contribution in [2.24, 2.45) is 0 Å². The van der Waals surface area contributed by atoms with Gasteiger partial charge in [0.05, 0.1) is 0 Å². The standard InChI is InChI=1S/C20H18OS/c21-20(18-12-6-2-7-13-18,19-14-8-3-9-15-19)22-16-17-10-4-1-5-11-17/h1-15,21H,16H2. The predicted molar refractivity (Wildman–Crippen MR) is 93.6 cm³/mol. The molecule has 0 bridgehead atoms. The highest BCUT2D eigenvalue weighted by Crippen LogP contribution is 2.41. The number of rotatable bonds is 5. The third-order valence-corrected chi connectivity index (χ3v) is 4.99. The zero-order valence-corrected chi connectivity index (χ0v) is 13.0. The minimum atomic E-state index is -1.04. The minimum absolute atomic E-state index is 0.751. The molecule has 3 rings (SSSR count). The molecule has 0 aromatic heterocycles. The lowest BCUT2D eigenvalue weighted by molar-refractivity contribution is 0.181. The lowest BCUT2D eigenvalue weighted by Crippen LogP contribution is -2.23. The number of aliphatic hydroxyl groups is 1. The number of hydrogen-bond donors (Lipinski definition) is 1. The van der Waals surface area contributed by atoms with E-state index in [1.165, 1.54) is 17.3 Å². The van der Waals surface area contributed by atoms with Crippen LogP contribution in [0.2, 0.25) is 0 Å². The highest BCUT2D eigenvalue weighted by atomic mass is 32.2. The Labute approximate surface area is 135 Å². The number of benzene rings is 3. The Morgan fingerprint density at radius 1 is 0.636 bits per heavy atom. The van der Waals surface area contributed by atoms with E-state index in [1.807, 2.05) is 78.9 Å². The number of hydrogen-bond acceptors (Lipinski definition) is 2. The molecule has 0 saturated heterocycles. The van der Waals surface area contributed by atoms with E-state index >= 15 is 0 Å². The molecule has 0 heterocycles. The van der Waals surface area contributed by atoms with Gasteiger partial charge in [-0.15, -0.1) is 11.8 Å². The van der Waals surface area contributed by atoms with Crippen LogP contribution in [0.1, 0.15) is 16.7 Å². The SMILES string of the molecule is OC(SCc1ccccc1)(c1ccccc1)c1ccccc1. The molecule has 22 heavy (non-hydrogen) atoms. The zero-order valence-electron chi connectivity index (χ0n) is 12.2. The van der Waals surface area contributed by atoms with E-state index in [0.717, 1.165) is 16.9 Å². The summed E-state index contributed by atoms with van der Waals surface area (Å²) in [5.74, 6) is 0.751. The van der Waals surface area contributed by atoms with Crippen LogP contribution in [0.4, 0.5) is 0 Å². The van der Waals surface area contributed by atoms with Crippen LogP contribution in [0.3, 0.4) is 0 Å². The summed E-state index contributed by atoms with van der Waals surface area (Å²) in [5.41, 5.74) is 3.02. The first-order chi connectivity index (χ1) is 10.8. The van der Waals surface area contributed by atoms with E-state index < -0.39 is 4.93 Å². The fourth-order valence-electron chi connectivity index (χ4n) is 2.42. The van der Waals surface area contributed by atoms with Crippen molar-refractivity contribution in [3.8, 4) is 0 Å². The summed E-state index contributed by atoms with van der Waals surface area (Å²) in [6.07, 6.45) is 0. The molecule has 0 unspecified atom stereocenters. The molecule has 0 spiro atoms. The van der Waals surface area contributed by atoms with Gasteiger partial charge in [-0.05, 0) is 16.7 Å². The first-order valence-electron chi connectivity index (χ1n) is 7.30. The highest BCUT2D eigenvalue weighted by Gasteiger charge is 2.31. The summed E-state index contributed by atoms with van der Waals surface area (Å²) in [7, 11) is 0. The molecule has 0 amide bonds. The quantitative estimate of drug-likeness (QED) is 0.682. The van der Waals surface area contributed by atoms with E-state index in [0.29, 0.717) is 0 Å². The Bertz CT molecular complexity index is 656. The highest BCUT2D eigenvalue weighted by molar-refractivity contribution is 7.99. The van der Waals surface area contributed by atoms with Crippen LogP contribution in [0.15, 0.2) is 91.0 Å². The van der Waals surface area contributed by atoms with Crippen LogP contribution in [-0.4, -0.2) is 5.11 Å². The molecule has 110 valence electrons. The Morgan fingerprint density at radius 3 is 1.50 bits per heavy atom. The van der Waals surface area contributed by atoms with Gasteiger partial charge in [0, 0.05) is 5.75 Å². The molecule has 2 heteroatoms. The van der Waals surface area contributed by atoms with Crippen LogP contribution >= 0.6 is 11.8 Å². The summed E-state index contributed by atoms with van der Waals surface area (Å²) >= 11 is 1.54. The summed E-state index contributed by atoms with van der Waals surface area (Å²) in [6, 6.07) is 29.9. The van der Waals surface area contributed by atoms with Gasteiger partial charge in [0.25, 0.3) is 0 Å². The Kier molecular flexibility index (Phi) is 4.62. The van der Waals surface area contributed by atoms with Gasteiger partial charge in [-0.25, -0.2) is 0 Å². The van der Waals surface area contributed by atoms with Gasteiger partial charge in [-0.1, -0.05) is 91.0 Å². The molecule has 0 aliphatic carbocycles. The first kappa shape index (κ1) is 14.9. The molecular formula is C20H18OS. The van der Waals surface area contributed by atoms with Crippen molar-refractivity contribution in [2.75, 3.05) is 0 Å². The lowest BCUT2D eigenvalue weighted by atomic mass is 10.0. The van der Waals surface area contributed by atoms with Crippen molar-refractivity contribution in [2.45, 2.75) is 10.7 Å². The molecule has 3 aromatic rings. The average molecular weight is 306 g/mol. The van der Waals surface area contributed by atoms with Gasteiger partial charge in [0.1, 0.15) is 0 Å². The lowest BCUT2D eigenvalue weighted by Gasteiger charge is -2.29. The largest absolute Gasteiger partial charge is 0.371 e. The fourth-order valence-corrected chi connectivity index (χ4v) is 3.60. The fraction of sp³-hybridized carbons (Fsp3) is 0.100. The van der Waals surface area contributed by atoms with E-state index in [2.05, 4.69) is 12.1 Å². The third-order valence-electron chi connectivity index (χ3n) is 3.62. The maximum absolute atomic E-state index is 11.4. The maximum Gasteiger partial charge on any atom is 0.162 e. The third kappa shape index (κ3) is 3.24. The molecule has 0 aliphatic rings. The van der Waals surface area contributed by atoms with E-state index in [1.54, 1.807) is 0 Å². The van der Waals surface area contributed by atoms with Crippen LogP contribution < -0.4 is 0 Å². The van der Waals surface area contributed by atoms with Crippen molar-refractivity contribution in [1.29, 1.82) is 0 Å². The predicted octanol–water partition coefficient (Wildman–Crippen LogP) is 4.81. The molecule has 0 radical (unpaired) electrons. The molecule has 0 saturated carbocycles. The monoisotopic (exact) mass is 306 g/mol. The molecule has 0 atom stereocenters. The van der Waals surface area contributed by atoms with Gasteiger partial charge < -0.3 is 5.11 Å². The van der Waals surface area contributed by atoms with Gasteiger partial charge in [-0.3, -0.25) is 0 Å². The average Bonchev–Trinajstić information content (AvgIpc) is 2.62. The summed E-state index contributed by atoms with van der Waals surface area (Å²) in [5, 5.41) is 11.4. The first-order valence-corrected chi connectivity index (χ1v) is 8.29. The van der Waals surface area contributed by atoms with E-state index in [4.69, 9.17) is 0 Å². The van der Waals surface area contributed by atoms with Gasteiger partial charge in [0.15, 0.2) is 4.93 Å². The second-order valence-corrected chi connectivity index (χ2v) is 6.32. The zero-order chi connectivity index (χ0) is 15.3. The Hall–Kier alpha value is -2.03. The summed E-state index contributed by atoms with van der Waals surface area (Å²) in [6.45, 7) is 0. The van der Waals surface area contributed by atoms with E-state index in [-0.39, 0.29) is 0 Å². The van der Waals surface area contributed by atoms with Crippen molar-refractivity contribution >= 4 is 11.8 Å². The van der Waals surface area contributed by atoms with Crippen molar-refractivity contribution < 1.29 is 5.11 Å². The molecule has 3 aromatic carbocycles. The molecule has 1 nitrogen and oxygen atoms in total. The summed E-state index contributed by atoms with van der Waals surface area (Å²) < 4.78 is 0. The van der Waals surface area contributed by atoms with Crippen molar-refractivity contribution in [3.63, 3.8) is 0 Å². The second-order valence-electron chi connectivity index (χ2n) is 5.15.